The van der Waals surface area contributed by atoms with Crippen LogP contribution in [0.1, 0.15) is 162 Å². The number of fused-ring (bicyclic) bond motifs is 2. The average Bonchev–Trinajstić information content (AvgIpc) is 0.755. The van der Waals surface area contributed by atoms with E-state index in [0.717, 1.165) is 38.4 Å². The number of alkyl carbamates (subject to hydrolysis) is 1. The highest BCUT2D eigenvalue weighted by molar-refractivity contribution is 6.68. The van der Waals surface area contributed by atoms with Gasteiger partial charge >= 0.3 is 24.0 Å². The van der Waals surface area contributed by atoms with Crippen LogP contribution in [0, 0.1) is 22.7 Å². The molecule has 2 aromatic heterocycles. The largest absolute Gasteiger partial charge is 0.468 e. The first-order valence-corrected chi connectivity index (χ1v) is 37.7. The summed E-state index contributed by atoms with van der Waals surface area (Å²) in [7, 11) is 1.42. The molecule has 0 spiro atoms. The summed E-state index contributed by atoms with van der Waals surface area (Å²) in [6.45, 7) is 20.4. The van der Waals surface area contributed by atoms with Crippen molar-refractivity contribution in [1.29, 1.82) is 0 Å². The van der Waals surface area contributed by atoms with E-state index in [2.05, 4.69) is 42.1 Å². The molecule has 4 aliphatic rings. The number of hydrazine groups is 2. The van der Waals surface area contributed by atoms with Gasteiger partial charge in [-0.2, -0.15) is 0 Å². The number of rotatable bonds is 22. The third-order valence-electron chi connectivity index (χ3n) is 18.0. The average molecular weight is 1610 g/mol. The molecule has 0 radical (unpaired) electrons. The van der Waals surface area contributed by atoms with Crippen molar-refractivity contribution in [2.45, 2.75) is 189 Å². The molecule has 6 heterocycles. The Kier molecular flexibility index (Phi) is 33.6. The maximum absolute atomic E-state index is 14.0. The van der Waals surface area contributed by atoms with E-state index >= 15 is 0 Å². The Bertz CT molecular complexity index is 3800. The fourth-order valence-electron chi connectivity index (χ4n) is 11.9. The van der Waals surface area contributed by atoms with Crippen molar-refractivity contribution in [1.82, 2.24) is 52.1 Å². The van der Waals surface area contributed by atoms with Crippen LogP contribution >= 0.6 is 69.6 Å². The summed E-state index contributed by atoms with van der Waals surface area (Å²) in [5, 5.41) is 37.0. The number of methoxy groups -OCH3 is 1. The van der Waals surface area contributed by atoms with Crippen molar-refractivity contribution >= 4 is 157 Å². The number of hydrogen-bond acceptors (Lipinski definition) is 21. The minimum Gasteiger partial charge on any atom is -0.468 e. The lowest BCUT2D eigenvalue weighted by Crippen LogP contribution is -2.61. The maximum atomic E-state index is 14.0. The minimum absolute atomic E-state index is 0.232. The van der Waals surface area contributed by atoms with Crippen LogP contribution in [0.3, 0.4) is 0 Å². The van der Waals surface area contributed by atoms with Crippen LogP contribution in [0.25, 0.3) is 33.7 Å². The van der Waals surface area contributed by atoms with Crippen molar-refractivity contribution < 1.29 is 81.8 Å². The maximum Gasteiger partial charge on any atom is 0.408 e. The highest BCUT2D eigenvalue weighted by Gasteiger charge is 2.43. The minimum atomic E-state index is -1.76. The van der Waals surface area contributed by atoms with Gasteiger partial charge in [-0.25, -0.2) is 15.6 Å². The van der Waals surface area contributed by atoms with Crippen LogP contribution in [0.4, 0.5) is 4.79 Å². The summed E-state index contributed by atoms with van der Waals surface area (Å²) >= 11 is 33.8. The number of hydrogen-bond donors (Lipinski definition) is 8. The van der Waals surface area contributed by atoms with E-state index in [0.29, 0.717) is 96.6 Å². The number of pyridine rings is 2. The highest BCUT2D eigenvalue weighted by atomic mass is 35.6. The van der Waals surface area contributed by atoms with Gasteiger partial charge in [-0.1, -0.05) is 134 Å². The molecule has 4 aliphatic heterocycles. The number of nitrogens with one attached hydrogen (secondary N) is 6. The number of amides is 6. The number of aromatic nitrogens is 2. The van der Waals surface area contributed by atoms with Gasteiger partial charge in [-0.15, -0.1) is 0 Å². The van der Waals surface area contributed by atoms with Crippen molar-refractivity contribution in [3.8, 4) is 0 Å². The molecule has 8 rings (SSSR count). The van der Waals surface area contributed by atoms with Gasteiger partial charge in [0.2, 0.25) is 25.3 Å². The van der Waals surface area contributed by atoms with E-state index in [1.807, 2.05) is 80.6 Å². The smallest absolute Gasteiger partial charge is 0.408 e. The topological polar surface area (TPSA) is 354 Å². The summed E-state index contributed by atoms with van der Waals surface area (Å²) in [5.74, 6) is -4.42. The van der Waals surface area contributed by atoms with Crippen LogP contribution in [0.5, 0.6) is 0 Å². The fourth-order valence-corrected chi connectivity index (χ4v) is 12.2. The van der Waals surface area contributed by atoms with E-state index in [4.69, 9.17) is 98.0 Å². The zero-order chi connectivity index (χ0) is 79.4. The SMILES string of the molecule is CC(C)[C@H](NC(=O)C1(/C=C/c2cc3cc([C@@H](C)O)ccc3cn2)CCOCC1)C(=O)N[C@@H](C)C(=O)N1CCC[C@@H](C(=O)OCC(Cl)(Cl)Cl)N1.CC(C)[C@H](NC(=O)OC(C)(C)C)C(=O)N[C@@H](C)C(=O)N1CCC[C@@H](C(=O)OCC(Cl)(Cl)Cl)N1.COC(=O)C1(/C=C/c2cc3cc([C@@H](C)O)ccc3cn2)CCOCC1. The Morgan fingerprint density at radius 2 is 0.972 bits per heavy atom. The van der Waals surface area contributed by atoms with Gasteiger partial charge < -0.3 is 59.9 Å². The van der Waals surface area contributed by atoms with Crippen LogP contribution in [-0.4, -0.2) is 193 Å². The third-order valence-corrected chi connectivity index (χ3v) is 18.7. The number of ether oxygens (including phenoxy) is 6. The number of halogens is 6. The zero-order valence-electron chi connectivity index (χ0n) is 62.2. The van der Waals surface area contributed by atoms with E-state index in [1.54, 1.807) is 66.9 Å². The number of nitrogens with zero attached hydrogens (tertiary/aromatic N) is 4. The molecule has 2 aromatic carbocycles. The first kappa shape index (κ1) is 89.2. The van der Waals surface area contributed by atoms with Crippen molar-refractivity contribution in [3.05, 3.63) is 95.6 Å². The molecule has 0 unspecified atom stereocenters. The van der Waals surface area contributed by atoms with E-state index in [9.17, 15) is 53.4 Å². The lowest BCUT2D eigenvalue weighted by molar-refractivity contribution is -0.154. The monoisotopic (exact) mass is 1610 g/mol. The Morgan fingerprint density at radius 1 is 0.579 bits per heavy atom. The molecule has 0 aliphatic carbocycles. The Hall–Kier alpha value is -6.73. The van der Waals surface area contributed by atoms with Gasteiger partial charge in [0.05, 0.1) is 41.5 Å². The molecule has 0 bridgehead atoms. The number of alkyl halides is 6. The molecule has 4 fully saturated rings. The summed E-state index contributed by atoms with van der Waals surface area (Å²) in [6, 6.07) is 9.98. The van der Waals surface area contributed by atoms with Crippen molar-refractivity contribution in [2.75, 3.05) is 59.8 Å². The van der Waals surface area contributed by atoms with Gasteiger partial charge in [0.15, 0.2) is 0 Å². The van der Waals surface area contributed by atoms with Gasteiger partial charge in [-0.05, 0) is 170 Å². The molecule has 4 saturated heterocycles. The predicted molar refractivity (Wildman–Crippen MR) is 408 cm³/mol. The van der Waals surface area contributed by atoms with Crippen molar-refractivity contribution in [3.63, 3.8) is 0 Å². The second-order valence-electron chi connectivity index (χ2n) is 28.6. The number of aliphatic hydroxyl groups excluding tert-OH is 2. The molecule has 27 nitrogen and oxygen atoms in total. The molecule has 8 N–H and O–H groups in total. The Balaban J connectivity index is 0.000000267. The van der Waals surface area contributed by atoms with Crippen LogP contribution in [0.15, 0.2) is 73.1 Å². The first-order valence-electron chi connectivity index (χ1n) is 35.4. The fraction of sp³-hybridized carbons (Fsp3) is 0.581. The number of aliphatic hydroxyl groups is 2. The predicted octanol–water partition coefficient (Wildman–Crippen LogP) is 9.87. The first-order chi connectivity index (χ1) is 50.1. The second kappa shape index (κ2) is 40.3. The molecular formula is C74H100Cl6N10O17. The summed E-state index contributed by atoms with van der Waals surface area (Å²) in [4.78, 5) is 124. The Labute approximate surface area is 654 Å². The van der Waals surface area contributed by atoms with E-state index < -0.39 is 127 Å². The third kappa shape index (κ3) is 27.7. The van der Waals surface area contributed by atoms with E-state index in [1.165, 1.54) is 31.0 Å². The normalized spacial score (nSPS) is 19.3. The molecule has 8 atom stereocenters. The summed E-state index contributed by atoms with van der Waals surface area (Å²) in [6.07, 6.45) is 13.0. The number of carbonyl (C=O) groups excluding carboxylic acids is 9. The molecule has 33 heteroatoms. The second-order valence-corrected chi connectivity index (χ2v) is 33.6. The van der Waals surface area contributed by atoms with Crippen LogP contribution < -0.4 is 32.1 Å². The zero-order valence-corrected chi connectivity index (χ0v) is 66.8. The lowest BCUT2D eigenvalue weighted by Gasteiger charge is -2.36. The highest BCUT2D eigenvalue weighted by Crippen LogP contribution is 2.37. The molecular weight excluding hydrogens is 1510 g/mol. The number of esters is 3. The number of benzene rings is 2. The number of carbonyl (C=O) groups is 9. The summed E-state index contributed by atoms with van der Waals surface area (Å²) < 4.78 is 27.7. The summed E-state index contributed by atoms with van der Waals surface area (Å²) in [5.41, 5.74) is 6.38. The quantitative estimate of drug-likeness (QED) is 0.0206. The lowest BCUT2D eigenvalue weighted by atomic mass is 9.78. The molecule has 4 aromatic rings. The molecule has 6 amide bonds. The van der Waals surface area contributed by atoms with Gasteiger partial charge in [0.1, 0.15) is 55.1 Å². The molecule has 590 valence electrons. The van der Waals surface area contributed by atoms with Crippen LogP contribution in [-0.2, 0) is 66.8 Å². The van der Waals surface area contributed by atoms with Crippen LogP contribution in [0.2, 0.25) is 0 Å². The Morgan fingerprint density at radius 3 is 1.35 bits per heavy atom. The van der Waals surface area contributed by atoms with Gasteiger partial charge in [0.25, 0.3) is 11.8 Å². The van der Waals surface area contributed by atoms with Gasteiger partial charge in [0, 0.05) is 62.7 Å². The molecule has 107 heavy (non-hydrogen) atoms. The van der Waals surface area contributed by atoms with Crippen molar-refractivity contribution in [2.24, 2.45) is 22.7 Å². The molecule has 0 saturated carbocycles. The standard InChI is InChI=1S/C34H44Cl3N5O7.C20H33Cl3N4O6.C20H23NO4/c1-20(2)28(29(44)39-21(3)30(45)42-13-5-6-27(41-42)31(46)49-19-34(35,36)37)40-32(47)33(11-14-48-15-12-33)10-9-26-17-25-16-23(22(4)43)7-8-24(25)18-38-26;1-11(2)14(25-18(31)33-19(4,5)6)15(28)24-12(3)16(29)27-9-7-8-13(26-27)17(30)32-10-20(21,22)23;1-14(22)15-3-4-16-13-21-18(12-17(16)11-15)5-6-20(19(23)24-2)7-9-25-10-8-20/h7-10,16-18,20-22,27-28,41,43H,5-6,11-15,19H2,1-4H3,(H,39,44)(H,40,47);11-14,26H,7-10H2,1-6H3,(H,24,28)(H,25,31);3-6,11-14,22H,7-10H2,1-2H3/b10-9+;;6-5+/t21-,22+,27-,28-;12-,13-,14-;14-/m001/s1. The van der Waals surface area contributed by atoms with E-state index in [-0.39, 0.29) is 23.7 Å². The van der Waals surface area contributed by atoms with Gasteiger partial charge in [-0.3, -0.25) is 58.3 Å².